The van der Waals surface area contributed by atoms with Gasteiger partial charge < -0.3 is 19.9 Å². The number of nitrogens with one attached hydrogen (secondary N) is 1. The summed E-state index contributed by atoms with van der Waals surface area (Å²) < 4.78 is 24.6. The van der Waals surface area contributed by atoms with Gasteiger partial charge in [-0.2, -0.15) is 0 Å². The Kier molecular flexibility index (Phi) is 8.74. The van der Waals surface area contributed by atoms with E-state index in [1.165, 1.54) is 19.4 Å². The highest BCUT2D eigenvalue weighted by atomic mass is 79.9. The number of Topliss-reactive ketones (excluding diaryl/α,β-unsaturated/α-hetero) is 1. The number of carbonyl (C=O) groups is 2. The molecule has 1 aromatic carbocycles. The number of aliphatic hydroxyl groups is 1. The number of esters is 1. The number of carbonyl (C=O) groups excluding carboxylic acids is 2. The second-order valence-electron chi connectivity index (χ2n) is 5.77. The third-order valence-corrected chi connectivity index (χ3v) is 4.29. The van der Waals surface area contributed by atoms with Gasteiger partial charge >= 0.3 is 5.97 Å². The van der Waals surface area contributed by atoms with E-state index in [2.05, 4.69) is 21.2 Å². The Morgan fingerprint density at radius 3 is 2.54 bits per heavy atom. The number of benzene rings is 1. The molecule has 144 valence electrons. The van der Waals surface area contributed by atoms with Gasteiger partial charge in [-0.1, -0.05) is 13.8 Å². The van der Waals surface area contributed by atoms with E-state index in [1.807, 2.05) is 13.8 Å². The van der Waals surface area contributed by atoms with E-state index >= 15 is 0 Å². The zero-order valence-corrected chi connectivity index (χ0v) is 16.7. The molecule has 6 nitrogen and oxygen atoms in total. The Morgan fingerprint density at radius 2 is 2.04 bits per heavy atom. The average molecular weight is 432 g/mol. The second-order valence-corrected chi connectivity index (χ2v) is 6.63. The fourth-order valence-electron chi connectivity index (χ4n) is 2.08. The number of ether oxygens (including phenoxy) is 2. The van der Waals surface area contributed by atoms with Crippen molar-refractivity contribution >= 4 is 27.7 Å². The largest absolute Gasteiger partial charge is 0.495 e. The Bertz CT molecular complexity index is 690. The predicted molar refractivity (Wildman–Crippen MR) is 98.5 cm³/mol. The highest BCUT2D eigenvalue weighted by molar-refractivity contribution is 9.10. The van der Waals surface area contributed by atoms with Crippen LogP contribution in [0.1, 0.15) is 31.1 Å². The topological polar surface area (TPSA) is 84.9 Å². The first-order chi connectivity index (χ1) is 12.3. The van der Waals surface area contributed by atoms with Crippen molar-refractivity contribution in [1.29, 1.82) is 0 Å². The number of halogens is 2. The average Bonchev–Trinajstić information content (AvgIpc) is 2.59. The summed E-state index contributed by atoms with van der Waals surface area (Å²) in [5.41, 5.74) is -0.661. The fraction of sp³-hybridized carbons (Fsp3) is 0.444. The molecule has 0 saturated carbocycles. The molecule has 0 saturated heterocycles. The van der Waals surface area contributed by atoms with Crippen molar-refractivity contribution < 1.29 is 28.6 Å². The molecule has 2 N–H and O–H groups in total. The lowest BCUT2D eigenvalue weighted by Crippen LogP contribution is -2.34. The first-order valence-electron chi connectivity index (χ1n) is 8.08. The summed E-state index contributed by atoms with van der Waals surface area (Å²) in [6.07, 6.45) is 1.17. The molecule has 1 aromatic rings. The van der Waals surface area contributed by atoms with E-state index in [1.54, 1.807) is 6.92 Å². The van der Waals surface area contributed by atoms with Gasteiger partial charge in [0.15, 0.2) is 0 Å². The van der Waals surface area contributed by atoms with Gasteiger partial charge in [-0.3, -0.25) is 4.79 Å². The summed E-state index contributed by atoms with van der Waals surface area (Å²) in [7, 11) is 1.37. The van der Waals surface area contributed by atoms with Crippen molar-refractivity contribution in [3.05, 3.63) is 39.8 Å². The van der Waals surface area contributed by atoms with Gasteiger partial charge in [-0.05, 0) is 34.8 Å². The third kappa shape index (κ3) is 5.54. The minimum absolute atomic E-state index is 0.0432. The maximum atomic E-state index is 14.3. The van der Waals surface area contributed by atoms with Crippen LogP contribution in [0, 0.1) is 11.7 Å². The van der Waals surface area contributed by atoms with Crippen LogP contribution in [-0.2, 0) is 9.53 Å². The molecule has 0 fully saturated rings. The van der Waals surface area contributed by atoms with E-state index in [9.17, 15) is 19.1 Å². The summed E-state index contributed by atoms with van der Waals surface area (Å²) in [5, 5.41) is 12.2. The zero-order chi connectivity index (χ0) is 19.9. The molecule has 0 bridgehead atoms. The predicted octanol–water partition coefficient (Wildman–Crippen LogP) is 2.83. The molecule has 26 heavy (non-hydrogen) atoms. The van der Waals surface area contributed by atoms with Gasteiger partial charge in [0.1, 0.15) is 17.1 Å². The van der Waals surface area contributed by atoms with E-state index < -0.39 is 17.6 Å². The molecule has 0 radical (unpaired) electrons. The number of rotatable bonds is 9. The zero-order valence-electron chi connectivity index (χ0n) is 15.1. The molecule has 0 spiro atoms. The van der Waals surface area contributed by atoms with E-state index in [4.69, 9.17) is 9.47 Å². The number of ketones is 1. The molecule has 0 aliphatic heterocycles. The molecule has 0 amide bonds. The van der Waals surface area contributed by atoms with Crippen LogP contribution in [0.2, 0.25) is 0 Å². The van der Waals surface area contributed by atoms with E-state index in [0.717, 1.165) is 6.07 Å². The molecule has 0 aromatic heterocycles. The van der Waals surface area contributed by atoms with Crippen LogP contribution in [0.4, 0.5) is 4.39 Å². The van der Waals surface area contributed by atoms with Gasteiger partial charge in [0, 0.05) is 12.3 Å². The van der Waals surface area contributed by atoms with Crippen LogP contribution in [0.5, 0.6) is 5.75 Å². The highest BCUT2D eigenvalue weighted by Gasteiger charge is 2.25. The molecule has 0 aliphatic carbocycles. The minimum Gasteiger partial charge on any atom is -0.495 e. The molecule has 1 rings (SSSR count). The SMILES string of the molecule is CCOC(=O)/C(=C\N[C@H](CO)C(C)C)C(=O)c1cc(Br)c(OC)cc1F. The molecule has 0 aliphatic rings. The molecule has 1 atom stereocenters. The van der Waals surface area contributed by atoms with Crippen molar-refractivity contribution in [1.82, 2.24) is 5.32 Å². The minimum atomic E-state index is -0.878. The fourth-order valence-corrected chi connectivity index (χ4v) is 2.58. The Morgan fingerprint density at radius 1 is 1.38 bits per heavy atom. The maximum Gasteiger partial charge on any atom is 0.343 e. The van der Waals surface area contributed by atoms with Gasteiger partial charge in [-0.15, -0.1) is 0 Å². The second kappa shape index (κ2) is 10.3. The van der Waals surface area contributed by atoms with Crippen molar-refractivity contribution in [3.63, 3.8) is 0 Å². The monoisotopic (exact) mass is 431 g/mol. The van der Waals surface area contributed by atoms with Crippen LogP contribution >= 0.6 is 15.9 Å². The summed E-state index contributed by atoms with van der Waals surface area (Å²) in [6, 6.07) is 1.92. The molecule has 0 heterocycles. The van der Waals surface area contributed by atoms with Gasteiger partial charge in [0.25, 0.3) is 0 Å². The highest BCUT2D eigenvalue weighted by Crippen LogP contribution is 2.29. The Hall–Kier alpha value is -1.93. The standard InChI is InChI=1S/C18H23BrFNO5/c1-5-26-18(24)12(8-21-15(9-22)10(2)3)17(23)11-6-13(19)16(25-4)7-14(11)20/h6-8,10,15,21-22H,5,9H2,1-4H3/b12-8-/t15-/m1/s1. The van der Waals surface area contributed by atoms with Crippen LogP contribution in [0.15, 0.2) is 28.4 Å². The molecule has 0 unspecified atom stereocenters. The summed E-state index contributed by atoms with van der Waals surface area (Å²) in [6.45, 7) is 5.21. The molecular formula is C18H23BrFNO5. The van der Waals surface area contributed by atoms with Gasteiger partial charge in [0.2, 0.25) is 5.78 Å². The van der Waals surface area contributed by atoms with Crippen LogP contribution < -0.4 is 10.1 Å². The van der Waals surface area contributed by atoms with E-state index in [-0.39, 0.29) is 42.1 Å². The first-order valence-corrected chi connectivity index (χ1v) is 8.87. The summed E-state index contributed by atoms with van der Waals surface area (Å²) in [4.78, 5) is 24.9. The van der Waals surface area contributed by atoms with Crippen LogP contribution in [-0.4, -0.2) is 43.2 Å². The first kappa shape index (κ1) is 22.1. The third-order valence-electron chi connectivity index (χ3n) is 3.67. The molecule has 8 heteroatoms. The Labute approximate surface area is 160 Å². The van der Waals surface area contributed by atoms with Crippen molar-refractivity contribution in [2.45, 2.75) is 26.8 Å². The molecular weight excluding hydrogens is 409 g/mol. The summed E-state index contributed by atoms with van der Waals surface area (Å²) in [5.74, 6) is -2.28. The quantitative estimate of drug-likeness (QED) is 0.205. The Balaban J connectivity index is 3.28. The summed E-state index contributed by atoms with van der Waals surface area (Å²) >= 11 is 3.19. The number of methoxy groups -OCH3 is 1. The number of hydrogen-bond acceptors (Lipinski definition) is 6. The normalized spacial score (nSPS) is 12.7. The van der Waals surface area contributed by atoms with Gasteiger partial charge in [-0.25, -0.2) is 9.18 Å². The lowest BCUT2D eigenvalue weighted by Gasteiger charge is -2.19. The smallest absolute Gasteiger partial charge is 0.343 e. The number of aliphatic hydroxyl groups excluding tert-OH is 1. The van der Waals surface area contributed by atoms with Crippen molar-refractivity contribution in [3.8, 4) is 5.75 Å². The van der Waals surface area contributed by atoms with Gasteiger partial charge in [0.05, 0.1) is 36.4 Å². The maximum absolute atomic E-state index is 14.3. The lowest BCUT2D eigenvalue weighted by atomic mass is 10.0. The lowest BCUT2D eigenvalue weighted by molar-refractivity contribution is -0.138. The van der Waals surface area contributed by atoms with Crippen LogP contribution in [0.25, 0.3) is 0 Å². The number of hydrogen-bond donors (Lipinski definition) is 2. The van der Waals surface area contributed by atoms with E-state index in [0.29, 0.717) is 4.47 Å². The van der Waals surface area contributed by atoms with Crippen molar-refractivity contribution in [2.24, 2.45) is 5.92 Å². The van der Waals surface area contributed by atoms with Crippen LogP contribution in [0.3, 0.4) is 0 Å². The van der Waals surface area contributed by atoms with Crippen molar-refractivity contribution in [2.75, 3.05) is 20.3 Å².